The zero-order chi connectivity index (χ0) is 33.4. The Morgan fingerprint density at radius 3 is 2.17 bits per heavy atom. The number of benzene rings is 2. The van der Waals surface area contributed by atoms with E-state index in [1.807, 2.05) is 18.2 Å². The minimum absolute atomic E-state index is 0.254. The first kappa shape index (κ1) is 33.4. The third-order valence-corrected chi connectivity index (χ3v) is 7.18. The van der Waals surface area contributed by atoms with Gasteiger partial charge in [-0.2, -0.15) is 0 Å². The number of methoxy groups -OCH3 is 2. The number of halogens is 1. The van der Waals surface area contributed by atoms with Crippen molar-refractivity contribution in [3.05, 3.63) is 78.4 Å². The zero-order valence-corrected chi connectivity index (χ0v) is 24.9. The summed E-state index contributed by atoms with van der Waals surface area (Å²) in [4.78, 5) is 49.5. The van der Waals surface area contributed by atoms with E-state index in [9.17, 15) is 23.6 Å². The molecule has 14 heteroatoms. The summed E-state index contributed by atoms with van der Waals surface area (Å²) in [6.45, 7) is 0. The van der Waals surface area contributed by atoms with E-state index in [0.717, 1.165) is 5.39 Å². The van der Waals surface area contributed by atoms with E-state index in [1.54, 1.807) is 38.6 Å². The number of hydrogen-bond acceptors (Lipinski definition) is 9. The predicted molar refractivity (Wildman–Crippen MR) is 162 cm³/mol. The summed E-state index contributed by atoms with van der Waals surface area (Å²) in [5.74, 6) is -2.18. The number of fused-ring (bicyclic) bond motifs is 1. The van der Waals surface area contributed by atoms with E-state index >= 15 is 0 Å². The molecule has 2 aromatic carbocycles. The number of aliphatic hydroxyl groups is 1. The number of carboxylic acid groups (broad SMARTS) is 2. The van der Waals surface area contributed by atoms with Crippen LogP contribution in [0.25, 0.3) is 10.9 Å². The first-order valence-electron chi connectivity index (χ1n) is 14.0. The molecule has 46 heavy (non-hydrogen) atoms. The van der Waals surface area contributed by atoms with E-state index in [1.165, 1.54) is 24.3 Å². The van der Waals surface area contributed by atoms with Crippen molar-refractivity contribution in [2.24, 2.45) is 5.41 Å². The molecule has 2 aliphatic carbocycles. The number of carbonyl (C=O) groups excluding carboxylic acids is 2. The number of aliphatic hydroxyl groups excluding tert-OH is 1. The van der Waals surface area contributed by atoms with Crippen LogP contribution < -0.4 is 24.8 Å². The third-order valence-electron chi connectivity index (χ3n) is 7.18. The van der Waals surface area contributed by atoms with Crippen LogP contribution in [-0.2, 0) is 19.2 Å². The van der Waals surface area contributed by atoms with Crippen LogP contribution in [0.4, 0.5) is 10.1 Å². The first-order valence-corrected chi connectivity index (χ1v) is 14.0. The highest BCUT2D eigenvalue weighted by Gasteiger charge is 2.56. The van der Waals surface area contributed by atoms with Gasteiger partial charge in [0.05, 0.1) is 26.2 Å². The number of rotatable bonds is 11. The monoisotopic (exact) mass is 637 g/mol. The number of nitrogens with one attached hydrogen (secondary N) is 2. The van der Waals surface area contributed by atoms with Crippen molar-refractivity contribution in [1.82, 2.24) is 10.3 Å². The molecule has 0 bridgehead atoms. The lowest BCUT2D eigenvalue weighted by molar-refractivity contribution is -0.152. The van der Waals surface area contributed by atoms with Crippen molar-refractivity contribution in [2.45, 2.75) is 37.9 Å². The van der Waals surface area contributed by atoms with Crippen molar-refractivity contribution in [3.8, 4) is 17.2 Å². The number of allylic oxidation sites excluding steroid dienone is 1. The molecule has 3 aromatic rings. The maximum Gasteiger partial charge on any atom is 0.333 e. The smallest absolute Gasteiger partial charge is 0.333 e. The molecule has 1 unspecified atom stereocenters. The second-order valence-corrected chi connectivity index (χ2v) is 10.4. The molecule has 5 N–H and O–H groups in total. The zero-order valence-electron chi connectivity index (χ0n) is 24.9. The van der Waals surface area contributed by atoms with Crippen LogP contribution in [0, 0.1) is 11.2 Å². The van der Waals surface area contributed by atoms with Gasteiger partial charge in [-0.15, -0.1) is 0 Å². The van der Waals surface area contributed by atoms with Crippen molar-refractivity contribution in [1.29, 1.82) is 0 Å². The van der Waals surface area contributed by atoms with Gasteiger partial charge in [-0.05, 0) is 61.4 Å². The molecule has 0 radical (unpaired) electrons. The lowest BCUT2D eigenvalue weighted by Gasteiger charge is -2.21. The number of aliphatic carboxylic acids is 2. The molecular weight excluding hydrogens is 605 g/mol. The average Bonchev–Trinajstić information content (AvgIpc) is 3.85. The quantitative estimate of drug-likeness (QED) is 0.193. The Morgan fingerprint density at radius 1 is 0.978 bits per heavy atom. The van der Waals surface area contributed by atoms with Crippen molar-refractivity contribution in [2.75, 3.05) is 19.5 Å². The average molecular weight is 638 g/mol. The Hall–Kier alpha value is -5.50. The Labute approximate surface area is 262 Å². The lowest BCUT2D eigenvalue weighted by Crippen LogP contribution is -2.39. The summed E-state index contributed by atoms with van der Waals surface area (Å²) in [6, 6.07) is 10.9. The number of aromatic nitrogens is 1. The van der Waals surface area contributed by atoms with Gasteiger partial charge in [0.2, 0.25) is 11.8 Å². The van der Waals surface area contributed by atoms with Crippen LogP contribution in [0.15, 0.2) is 72.6 Å². The second-order valence-electron chi connectivity index (χ2n) is 10.4. The molecule has 0 saturated heterocycles. The number of carbonyl (C=O) groups is 4. The van der Waals surface area contributed by atoms with Crippen molar-refractivity contribution in [3.63, 3.8) is 0 Å². The molecule has 5 rings (SSSR count). The minimum atomic E-state index is -1.79. The van der Waals surface area contributed by atoms with Crippen LogP contribution in [0.5, 0.6) is 17.2 Å². The Kier molecular flexibility index (Phi) is 10.5. The summed E-state index contributed by atoms with van der Waals surface area (Å²) in [5, 5.41) is 30.5. The van der Waals surface area contributed by atoms with Crippen molar-refractivity contribution >= 4 is 40.3 Å². The highest BCUT2D eigenvalue weighted by atomic mass is 19.1. The summed E-state index contributed by atoms with van der Waals surface area (Å²) in [7, 11) is 3.14. The van der Waals surface area contributed by atoms with Gasteiger partial charge in [0.15, 0.2) is 17.6 Å². The van der Waals surface area contributed by atoms with Gasteiger partial charge in [0, 0.05) is 35.5 Å². The van der Waals surface area contributed by atoms with E-state index in [4.69, 9.17) is 29.5 Å². The first-order chi connectivity index (χ1) is 21.9. The van der Waals surface area contributed by atoms with Crippen LogP contribution in [0.1, 0.15) is 25.7 Å². The maximum absolute atomic E-state index is 13.1. The van der Waals surface area contributed by atoms with E-state index in [2.05, 4.69) is 15.6 Å². The summed E-state index contributed by atoms with van der Waals surface area (Å²) in [5.41, 5.74) is 0.651. The second kappa shape index (κ2) is 14.5. The molecular formula is C32H32FN3O10. The number of pyridine rings is 1. The topological polar surface area (TPSA) is 194 Å². The maximum atomic E-state index is 13.1. The van der Waals surface area contributed by atoms with E-state index in [0.29, 0.717) is 53.4 Å². The number of nitrogens with zero attached hydrogens (tertiary/aromatic N) is 1. The molecule has 1 heterocycles. The largest absolute Gasteiger partial charge is 0.493 e. The molecule has 2 aliphatic rings. The van der Waals surface area contributed by atoms with Crippen LogP contribution in [-0.4, -0.2) is 70.5 Å². The van der Waals surface area contributed by atoms with Crippen LogP contribution in [0.3, 0.4) is 0 Å². The normalized spacial score (nSPS) is 16.5. The van der Waals surface area contributed by atoms with Gasteiger partial charge in [-0.25, -0.2) is 9.18 Å². The molecule has 0 spiro atoms. The predicted octanol–water partition coefficient (Wildman–Crippen LogP) is 3.42. The van der Waals surface area contributed by atoms with E-state index < -0.39 is 41.6 Å². The summed E-state index contributed by atoms with van der Waals surface area (Å²) in [6.07, 6.45) is 5.81. The highest BCUT2D eigenvalue weighted by Crippen LogP contribution is 2.47. The number of amides is 2. The fourth-order valence-corrected chi connectivity index (χ4v) is 4.46. The number of anilines is 1. The molecule has 2 atom stereocenters. The highest BCUT2D eigenvalue weighted by molar-refractivity contribution is 6.13. The fraction of sp³-hybridized carbons (Fsp3) is 0.281. The summed E-state index contributed by atoms with van der Waals surface area (Å²) >= 11 is 0. The third kappa shape index (κ3) is 8.15. The van der Waals surface area contributed by atoms with Crippen LogP contribution >= 0.6 is 0 Å². The summed E-state index contributed by atoms with van der Waals surface area (Å²) < 4.78 is 30.1. The fourth-order valence-electron chi connectivity index (χ4n) is 4.46. The number of ether oxygens (including phenoxy) is 3. The SMILES string of the molecule is COc1cc2nccc(OC3C=CC(NC(=O)C4(C(=O)Nc5ccc(F)cc5)CC4)=CC3)c2cc1OC.O=C(O)C[C@H](O)C(=O)O. The van der Waals surface area contributed by atoms with Gasteiger partial charge in [-0.1, -0.05) is 6.08 Å². The number of carboxylic acids is 2. The van der Waals surface area contributed by atoms with Gasteiger partial charge in [0.25, 0.3) is 0 Å². The number of hydrogen-bond donors (Lipinski definition) is 5. The molecule has 1 aromatic heterocycles. The molecule has 1 saturated carbocycles. The van der Waals surface area contributed by atoms with Gasteiger partial charge >= 0.3 is 11.9 Å². The van der Waals surface area contributed by atoms with Crippen molar-refractivity contribution < 1.29 is 53.1 Å². The molecule has 242 valence electrons. The van der Waals surface area contributed by atoms with Gasteiger partial charge in [-0.3, -0.25) is 19.4 Å². The molecule has 2 amide bonds. The Bertz CT molecular complexity index is 1690. The Morgan fingerprint density at radius 2 is 1.63 bits per heavy atom. The van der Waals surface area contributed by atoms with Gasteiger partial charge in [0.1, 0.15) is 23.1 Å². The standard InChI is InChI=1S/C28H26FN3O5.C4H6O5/c1-35-24-15-21-22(16-25(24)36-2)30-14-11-23(21)37-20-9-7-19(8-10-20)32-27(34)28(12-13-28)26(33)31-18-5-3-17(29)4-6-18;5-2(4(8)9)1-3(6)7/h3-9,11,14-16,20H,10,12-13H2,1-2H3,(H,31,33)(H,32,34);2,5H,1H2,(H,6,7)(H,8,9)/t;2-/m.0/s1. The van der Waals surface area contributed by atoms with Gasteiger partial charge < -0.3 is 40.2 Å². The van der Waals surface area contributed by atoms with E-state index in [-0.39, 0.29) is 12.0 Å². The molecule has 0 aliphatic heterocycles. The molecule has 1 fully saturated rings. The van der Waals surface area contributed by atoms with Crippen LogP contribution in [0.2, 0.25) is 0 Å². The lowest BCUT2D eigenvalue weighted by atomic mass is 10.0. The molecule has 13 nitrogen and oxygen atoms in total. The Balaban J connectivity index is 0.000000468. The minimum Gasteiger partial charge on any atom is -0.493 e.